The van der Waals surface area contributed by atoms with Gasteiger partial charge in [-0.1, -0.05) is 12.1 Å². The number of nitrogens with zero attached hydrogens (tertiary/aromatic N) is 1. The molecule has 1 saturated heterocycles. The summed E-state index contributed by atoms with van der Waals surface area (Å²) in [6, 6.07) is 7.43. The molecule has 0 saturated carbocycles. The van der Waals surface area contributed by atoms with E-state index in [4.69, 9.17) is 4.74 Å². The van der Waals surface area contributed by atoms with E-state index in [0.29, 0.717) is 6.54 Å². The van der Waals surface area contributed by atoms with Gasteiger partial charge in [0, 0.05) is 18.9 Å². The zero-order valence-corrected chi connectivity index (χ0v) is 11.8. The third-order valence-electron chi connectivity index (χ3n) is 3.96. The number of methoxy groups -OCH3 is 1. The number of halogens is 1. The molecule has 3 atom stereocenters. The van der Waals surface area contributed by atoms with Crippen LogP contribution in [-0.4, -0.2) is 42.3 Å². The molecule has 1 aromatic rings. The van der Waals surface area contributed by atoms with Crippen LogP contribution in [0.1, 0.15) is 24.9 Å². The summed E-state index contributed by atoms with van der Waals surface area (Å²) in [5.41, 5.74) is 0.995. The number of alkyl halides is 1. The van der Waals surface area contributed by atoms with Gasteiger partial charge in [-0.2, -0.15) is 0 Å². The van der Waals surface area contributed by atoms with Crippen LogP contribution < -0.4 is 4.74 Å². The van der Waals surface area contributed by atoms with Gasteiger partial charge in [0.05, 0.1) is 19.3 Å². The lowest BCUT2D eigenvalue weighted by molar-refractivity contribution is -0.129. The molecule has 0 unspecified atom stereocenters. The Hall–Kier alpha value is -1.62. The Bertz CT molecular complexity index is 463. The van der Waals surface area contributed by atoms with Crippen LogP contribution in [0, 0.1) is 5.92 Å². The molecule has 0 spiro atoms. The minimum Gasteiger partial charge on any atom is -0.497 e. The van der Waals surface area contributed by atoms with E-state index in [-0.39, 0.29) is 24.3 Å². The molecule has 5 heteroatoms. The van der Waals surface area contributed by atoms with Crippen molar-refractivity contribution in [3.8, 4) is 5.75 Å². The molecule has 1 heterocycles. The summed E-state index contributed by atoms with van der Waals surface area (Å²) < 4.78 is 17.6. The maximum Gasteiger partial charge on any atom is 0.223 e. The summed E-state index contributed by atoms with van der Waals surface area (Å²) >= 11 is 0. The van der Waals surface area contributed by atoms with E-state index in [1.165, 1.54) is 0 Å². The minimum atomic E-state index is -1.05. The second-order valence-corrected chi connectivity index (χ2v) is 5.18. The number of rotatable bonds is 5. The molecule has 0 bridgehead atoms. The molecule has 4 nitrogen and oxygen atoms in total. The van der Waals surface area contributed by atoms with Crippen molar-refractivity contribution in [3.05, 3.63) is 29.8 Å². The summed E-state index contributed by atoms with van der Waals surface area (Å²) in [6.45, 7) is 1.53. The lowest BCUT2D eigenvalue weighted by atomic mass is 10.0. The fourth-order valence-electron chi connectivity index (χ4n) is 2.58. The first-order valence-corrected chi connectivity index (χ1v) is 6.74. The molecule has 0 radical (unpaired) electrons. The topological polar surface area (TPSA) is 49.8 Å². The molecule has 1 amide bonds. The number of carbonyl (C=O) groups excluding carboxylic acids is 1. The maximum absolute atomic E-state index is 12.5. The molecule has 1 aliphatic rings. The Morgan fingerprint density at radius 2 is 2.10 bits per heavy atom. The van der Waals surface area contributed by atoms with Crippen molar-refractivity contribution in [2.24, 2.45) is 5.92 Å². The molecule has 110 valence electrons. The van der Waals surface area contributed by atoms with Crippen LogP contribution in [0.5, 0.6) is 5.75 Å². The summed E-state index contributed by atoms with van der Waals surface area (Å²) in [6.07, 6.45) is -0.835. The van der Waals surface area contributed by atoms with Crippen molar-refractivity contribution in [3.63, 3.8) is 0 Å². The van der Waals surface area contributed by atoms with E-state index in [9.17, 15) is 14.3 Å². The van der Waals surface area contributed by atoms with Crippen molar-refractivity contribution in [2.45, 2.75) is 25.5 Å². The van der Waals surface area contributed by atoms with Gasteiger partial charge in [0.2, 0.25) is 5.91 Å². The molecule has 1 aromatic carbocycles. The number of carbonyl (C=O) groups is 1. The number of amides is 1. The third kappa shape index (κ3) is 2.93. The fraction of sp³-hybridized carbons (Fsp3) is 0.533. The number of benzene rings is 1. The Balaban J connectivity index is 2.08. The highest BCUT2D eigenvalue weighted by Gasteiger charge is 2.36. The van der Waals surface area contributed by atoms with E-state index in [2.05, 4.69) is 0 Å². The number of likely N-dealkylation sites (tertiary alicyclic amines) is 1. The lowest BCUT2D eigenvalue weighted by Crippen LogP contribution is -2.30. The Morgan fingerprint density at radius 1 is 1.45 bits per heavy atom. The molecule has 0 aromatic heterocycles. The first kappa shape index (κ1) is 14.8. The van der Waals surface area contributed by atoms with Gasteiger partial charge < -0.3 is 14.7 Å². The molecule has 2 rings (SSSR count). The quantitative estimate of drug-likeness (QED) is 0.897. The number of aliphatic hydroxyl groups excluding tert-OH is 1. The minimum absolute atomic E-state index is 0.0363. The summed E-state index contributed by atoms with van der Waals surface area (Å²) in [4.78, 5) is 13.7. The van der Waals surface area contributed by atoms with Gasteiger partial charge in [0.25, 0.3) is 0 Å². The monoisotopic (exact) mass is 281 g/mol. The smallest absolute Gasteiger partial charge is 0.223 e. The molecular formula is C15H20FNO3. The molecule has 1 aliphatic heterocycles. The fourth-order valence-corrected chi connectivity index (χ4v) is 2.58. The van der Waals surface area contributed by atoms with Crippen molar-refractivity contribution in [1.29, 1.82) is 0 Å². The average Bonchev–Trinajstić information content (AvgIpc) is 2.87. The zero-order chi connectivity index (χ0) is 14.7. The average molecular weight is 281 g/mol. The van der Waals surface area contributed by atoms with Gasteiger partial charge in [-0.05, 0) is 24.6 Å². The number of hydrogen-bond donors (Lipinski definition) is 1. The highest BCUT2D eigenvalue weighted by Crippen LogP contribution is 2.30. The highest BCUT2D eigenvalue weighted by molar-refractivity contribution is 5.79. The largest absolute Gasteiger partial charge is 0.497 e. The number of aliphatic hydroxyl groups is 1. The number of hydrogen-bond acceptors (Lipinski definition) is 3. The summed E-state index contributed by atoms with van der Waals surface area (Å²) in [5.74, 6) is 0.415. The third-order valence-corrected chi connectivity index (χ3v) is 3.96. The standard InChI is InChI=1S/C15H20FNO3/c1-10(11-3-5-13(20-2)6-4-11)17-9-12(7-15(17)19)14(18)8-16/h3-6,10,12,14,18H,7-9H2,1-2H3/t10-,12-,14-/m1/s1. The number of ether oxygens (including phenoxy) is 1. The highest BCUT2D eigenvalue weighted by atomic mass is 19.1. The maximum atomic E-state index is 12.5. The van der Waals surface area contributed by atoms with E-state index in [0.717, 1.165) is 11.3 Å². The van der Waals surface area contributed by atoms with Gasteiger partial charge in [-0.3, -0.25) is 4.79 Å². The van der Waals surface area contributed by atoms with Crippen molar-refractivity contribution >= 4 is 5.91 Å². The normalized spacial score (nSPS) is 21.9. The van der Waals surface area contributed by atoms with Crippen LogP contribution >= 0.6 is 0 Å². The van der Waals surface area contributed by atoms with Crippen LogP contribution in [-0.2, 0) is 4.79 Å². The molecular weight excluding hydrogens is 261 g/mol. The van der Waals surface area contributed by atoms with Gasteiger partial charge in [-0.25, -0.2) is 4.39 Å². The van der Waals surface area contributed by atoms with E-state index >= 15 is 0 Å². The van der Waals surface area contributed by atoms with Crippen molar-refractivity contribution < 1.29 is 19.0 Å². The Labute approximate surface area is 118 Å². The predicted molar refractivity (Wildman–Crippen MR) is 73.2 cm³/mol. The summed E-state index contributed by atoms with van der Waals surface area (Å²) in [7, 11) is 1.60. The van der Waals surface area contributed by atoms with E-state index in [1.54, 1.807) is 12.0 Å². The van der Waals surface area contributed by atoms with Crippen molar-refractivity contribution in [2.75, 3.05) is 20.3 Å². The SMILES string of the molecule is COc1ccc([C@@H](C)N2C[C@H]([C@H](O)CF)CC2=O)cc1. The lowest BCUT2D eigenvalue weighted by Gasteiger charge is -2.26. The second kappa shape index (κ2) is 6.22. The van der Waals surface area contributed by atoms with Gasteiger partial charge in [0.15, 0.2) is 0 Å². The van der Waals surface area contributed by atoms with Crippen LogP contribution in [0.15, 0.2) is 24.3 Å². The van der Waals surface area contributed by atoms with Crippen LogP contribution in [0.4, 0.5) is 4.39 Å². The molecule has 0 aliphatic carbocycles. The zero-order valence-electron chi connectivity index (χ0n) is 11.8. The van der Waals surface area contributed by atoms with Crippen LogP contribution in [0.3, 0.4) is 0 Å². The second-order valence-electron chi connectivity index (χ2n) is 5.18. The molecule has 1 fully saturated rings. The summed E-state index contributed by atoms with van der Waals surface area (Å²) in [5, 5.41) is 9.54. The molecule has 1 N–H and O–H groups in total. The predicted octanol–water partition coefficient (Wildman–Crippen LogP) is 1.94. The Morgan fingerprint density at radius 3 is 2.65 bits per heavy atom. The van der Waals surface area contributed by atoms with Gasteiger partial charge in [-0.15, -0.1) is 0 Å². The Kier molecular flexibility index (Phi) is 4.60. The first-order valence-electron chi connectivity index (χ1n) is 6.74. The van der Waals surface area contributed by atoms with Crippen LogP contribution in [0.25, 0.3) is 0 Å². The van der Waals surface area contributed by atoms with Gasteiger partial charge >= 0.3 is 0 Å². The van der Waals surface area contributed by atoms with E-state index in [1.807, 2.05) is 31.2 Å². The van der Waals surface area contributed by atoms with Gasteiger partial charge in [0.1, 0.15) is 12.4 Å². The van der Waals surface area contributed by atoms with Crippen LogP contribution in [0.2, 0.25) is 0 Å². The molecule has 20 heavy (non-hydrogen) atoms. The van der Waals surface area contributed by atoms with E-state index < -0.39 is 12.8 Å². The van der Waals surface area contributed by atoms with Crippen molar-refractivity contribution in [1.82, 2.24) is 4.90 Å². The first-order chi connectivity index (χ1) is 9.56.